The highest BCUT2D eigenvalue weighted by atomic mass is 16.6. The second-order valence-electron chi connectivity index (χ2n) is 8.70. The molecule has 0 atom stereocenters. The number of rotatable bonds is 8. The summed E-state index contributed by atoms with van der Waals surface area (Å²) in [5, 5.41) is 18.6. The molecule has 38 heavy (non-hydrogen) atoms. The smallest absolute Gasteiger partial charge is 0.270 e. The van der Waals surface area contributed by atoms with E-state index in [9.17, 15) is 10.1 Å². The number of hydrazone groups is 1. The Balaban J connectivity index is 1.35. The molecule has 5 rings (SSSR count). The van der Waals surface area contributed by atoms with E-state index in [1.54, 1.807) is 24.3 Å². The molecule has 1 aliphatic rings. The molecule has 3 heterocycles. The fourth-order valence-corrected chi connectivity index (χ4v) is 3.87. The zero-order chi connectivity index (χ0) is 26.5. The fourth-order valence-electron chi connectivity index (χ4n) is 3.87. The lowest BCUT2D eigenvalue weighted by molar-refractivity contribution is -0.384. The van der Waals surface area contributed by atoms with Crippen LogP contribution in [0.4, 0.5) is 29.2 Å². The van der Waals surface area contributed by atoms with Gasteiger partial charge in [-0.3, -0.25) is 10.1 Å². The van der Waals surface area contributed by atoms with Crippen molar-refractivity contribution in [2.45, 2.75) is 13.8 Å². The van der Waals surface area contributed by atoms with E-state index in [4.69, 9.17) is 9.15 Å². The highest BCUT2D eigenvalue weighted by Gasteiger charge is 2.17. The highest BCUT2D eigenvalue weighted by molar-refractivity contribution is 5.78. The van der Waals surface area contributed by atoms with Crippen molar-refractivity contribution in [2.24, 2.45) is 5.10 Å². The molecule has 1 saturated heterocycles. The maximum absolute atomic E-state index is 11.1. The Morgan fingerprint density at radius 1 is 1.03 bits per heavy atom. The molecule has 0 aliphatic carbocycles. The Kier molecular flexibility index (Phi) is 7.22. The number of aromatic nitrogens is 3. The molecule has 0 amide bonds. The van der Waals surface area contributed by atoms with Gasteiger partial charge in [0.25, 0.3) is 5.69 Å². The SMILES string of the molecule is Cc1ccc(C)c(Nc2nc(N/N=C/c3ccc(-c4cccc([N+](=O)[O-])c4)o3)nc(N3CCOCC3)n2)c1. The number of morpholine rings is 1. The Bertz CT molecular complexity index is 1480. The number of nitrogens with zero attached hydrogens (tertiary/aromatic N) is 6. The van der Waals surface area contributed by atoms with Crippen LogP contribution in [-0.2, 0) is 4.74 Å². The highest BCUT2D eigenvalue weighted by Crippen LogP contribution is 2.26. The van der Waals surface area contributed by atoms with Gasteiger partial charge in [-0.05, 0) is 43.2 Å². The van der Waals surface area contributed by atoms with Crippen LogP contribution >= 0.6 is 0 Å². The first-order valence-electron chi connectivity index (χ1n) is 12.0. The van der Waals surface area contributed by atoms with E-state index in [1.165, 1.54) is 18.3 Å². The molecule has 0 bridgehead atoms. The van der Waals surface area contributed by atoms with Crippen LogP contribution in [0.5, 0.6) is 0 Å². The summed E-state index contributed by atoms with van der Waals surface area (Å²) in [6, 6.07) is 15.8. The molecule has 2 aromatic heterocycles. The average molecular weight is 515 g/mol. The van der Waals surface area contributed by atoms with E-state index >= 15 is 0 Å². The third kappa shape index (κ3) is 5.93. The average Bonchev–Trinajstić information content (AvgIpc) is 3.40. The van der Waals surface area contributed by atoms with Crippen LogP contribution < -0.4 is 15.6 Å². The maximum Gasteiger partial charge on any atom is 0.270 e. The van der Waals surface area contributed by atoms with Gasteiger partial charge in [0.05, 0.1) is 24.4 Å². The molecule has 0 saturated carbocycles. The van der Waals surface area contributed by atoms with Crippen LogP contribution in [0.15, 0.2) is 64.1 Å². The van der Waals surface area contributed by atoms with Gasteiger partial charge in [0.2, 0.25) is 17.8 Å². The van der Waals surface area contributed by atoms with E-state index in [1.807, 2.05) is 36.9 Å². The molecule has 12 heteroatoms. The Morgan fingerprint density at radius 3 is 2.66 bits per heavy atom. The summed E-state index contributed by atoms with van der Waals surface area (Å²) in [6.45, 7) is 6.57. The Labute approximate surface area is 218 Å². The van der Waals surface area contributed by atoms with Gasteiger partial charge in [0, 0.05) is 36.5 Å². The number of furan rings is 1. The van der Waals surface area contributed by atoms with Crippen LogP contribution in [0.1, 0.15) is 16.9 Å². The second kappa shape index (κ2) is 11.0. The lowest BCUT2D eigenvalue weighted by atomic mass is 10.1. The number of nitrogens with one attached hydrogen (secondary N) is 2. The van der Waals surface area contributed by atoms with Crippen LogP contribution in [0.2, 0.25) is 0 Å². The zero-order valence-corrected chi connectivity index (χ0v) is 20.9. The summed E-state index contributed by atoms with van der Waals surface area (Å²) in [5.41, 5.74) is 6.54. The number of hydrogen-bond donors (Lipinski definition) is 2. The third-order valence-corrected chi connectivity index (χ3v) is 5.88. The summed E-state index contributed by atoms with van der Waals surface area (Å²) >= 11 is 0. The largest absolute Gasteiger partial charge is 0.455 e. The third-order valence-electron chi connectivity index (χ3n) is 5.88. The number of hydrogen-bond acceptors (Lipinski definition) is 11. The predicted octanol–water partition coefficient (Wildman–Crippen LogP) is 4.68. The normalized spacial score (nSPS) is 13.6. The van der Waals surface area contributed by atoms with E-state index in [-0.39, 0.29) is 11.6 Å². The van der Waals surface area contributed by atoms with E-state index in [2.05, 4.69) is 30.8 Å². The molecule has 0 unspecified atom stereocenters. The van der Waals surface area contributed by atoms with Crippen molar-refractivity contribution in [3.63, 3.8) is 0 Å². The van der Waals surface area contributed by atoms with Gasteiger partial charge in [-0.25, -0.2) is 5.43 Å². The number of ether oxygens (including phenoxy) is 1. The number of non-ortho nitro benzene ring substituents is 1. The molecule has 1 fully saturated rings. The van der Waals surface area contributed by atoms with Gasteiger partial charge >= 0.3 is 0 Å². The van der Waals surface area contributed by atoms with Crippen LogP contribution in [0.25, 0.3) is 11.3 Å². The van der Waals surface area contributed by atoms with E-state index < -0.39 is 4.92 Å². The van der Waals surface area contributed by atoms with Gasteiger partial charge < -0.3 is 19.4 Å². The molecule has 12 nitrogen and oxygen atoms in total. The Morgan fingerprint density at radius 2 is 1.84 bits per heavy atom. The summed E-state index contributed by atoms with van der Waals surface area (Å²) in [6.07, 6.45) is 1.48. The first-order valence-corrected chi connectivity index (χ1v) is 12.0. The van der Waals surface area contributed by atoms with Crippen molar-refractivity contribution >= 4 is 35.4 Å². The maximum atomic E-state index is 11.1. The first-order chi connectivity index (χ1) is 18.4. The minimum absolute atomic E-state index is 0.00744. The van der Waals surface area contributed by atoms with Gasteiger partial charge in [-0.15, -0.1) is 0 Å². The number of benzene rings is 2. The van der Waals surface area contributed by atoms with Gasteiger partial charge in [0.1, 0.15) is 11.5 Å². The summed E-state index contributed by atoms with van der Waals surface area (Å²) in [5.74, 6) is 2.11. The van der Waals surface area contributed by atoms with Crippen molar-refractivity contribution in [3.05, 3.63) is 81.6 Å². The number of nitro groups is 1. The first kappa shape index (κ1) is 24.8. The monoisotopic (exact) mass is 514 g/mol. The molecule has 0 spiro atoms. The van der Waals surface area contributed by atoms with E-state index in [0.717, 1.165) is 16.8 Å². The zero-order valence-electron chi connectivity index (χ0n) is 20.9. The van der Waals surface area contributed by atoms with Crippen molar-refractivity contribution < 1.29 is 14.1 Å². The van der Waals surface area contributed by atoms with Gasteiger partial charge in [-0.2, -0.15) is 20.1 Å². The van der Waals surface area contributed by atoms with Gasteiger partial charge in [-0.1, -0.05) is 24.3 Å². The van der Waals surface area contributed by atoms with Gasteiger partial charge in [0.15, 0.2) is 0 Å². The molecule has 2 aromatic carbocycles. The molecule has 2 N–H and O–H groups in total. The lowest BCUT2D eigenvalue weighted by Gasteiger charge is -2.27. The van der Waals surface area contributed by atoms with Crippen LogP contribution in [-0.4, -0.2) is 52.4 Å². The topological polar surface area (TPSA) is 144 Å². The molecule has 0 radical (unpaired) electrons. The van der Waals surface area contributed by atoms with Crippen molar-refractivity contribution in [1.29, 1.82) is 0 Å². The quantitative estimate of drug-likeness (QED) is 0.193. The number of nitro benzene ring substituents is 1. The van der Waals surface area contributed by atoms with Crippen LogP contribution in [0, 0.1) is 24.0 Å². The van der Waals surface area contributed by atoms with Crippen molar-refractivity contribution in [2.75, 3.05) is 41.9 Å². The number of anilines is 4. The second-order valence-corrected chi connectivity index (χ2v) is 8.70. The molecule has 1 aliphatic heterocycles. The number of aryl methyl sites for hydroxylation is 2. The summed E-state index contributed by atoms with van der Waals surface area (Å²) in [4.78, 5) is 26.3. The van der Waals surface area contributed by atoms with Crippen molar-refractivity contribution in [3.8, 4) is 11.3 Å². The molecule has 194 valence electrons. The molecular formula is C26H26N8O4. The predicted molar refractivity (Wildman–Crippen MR) is 144 cm³/mol. The standard InChI is InChI=1S/C26H26N8O4/c1-17-6-7-18(2)22(14-17)28-24-29-25(31-26(30-24)33-10-12-37-13-11-33)32-27-16-21-8-9-23(38-21)19-4-3-5-20(15-19)34(35)36/h3-9,14-16H,10-13H2,1-2H3,(H2,28,29,30,31,32)/b27-16+. The van der Waals surface area contributed by atoms with E-state index in [0.29, 0.717) is 55.3 Å². The lowest BCUT2D eigenvalue weighted by Crippen LogP contribution is -2.37. The van der Waals surface area contributed by atoms with Crippen molar-refractivity contribution in [1.82, 2.24) is 15.0 Å². The molecular weight excluding hydrogens is 488 g/mol. The van der Waals surface area contributed by atoms with Crippen LogP contribution in [0.3, 0.4) is 0 Å². The minimum Gasteiger partial charge on any atom is -0.455 e. The Hall–Kier alpha value is -4.84. The summed E-state index contributed by atoms with van der Waals surface area (Å²) < 4.78 is 11.2. The summed E-state index contributed by atoms with van der Waals surface area (Å²) in [7, 11) is 0. The minimum atomic E-state index is -0.442. The fraction of sp³-hybridized carbons (Fsp3) is 0.231. The molecule has 4 aromatic rings.